The Morgan fingerprint density at radius 3 is 2.70 bits per heavy atom. The minimum atomic E-state index is 0.674. The summed E-state index contributed by atoms with van der Waals surface area (Å²) >= 11 is 1.55. The lowest BCUT2D eigenvalue weighted by atomic mass is 10.0. The molecular weight excluding hydrogens is 392 g/mol. The van der Waals surface area contributed by atoms with Gasteiger partial charge in [0.1, 0.15) is 5.75 Å². The molecule has 4 aromatic rings. The quantitative estimate of drug-likeness (QED) is 0.444. The van der Waals surface area contributed by atoms with Gasteiger partial charge < -0.3 is 9.64 Å². The second kappa shape index (κ2) is 7.72. The van der Waals surface area contributed by atoms with Crippen molar-refractivity contribution in [3.63, 3.8) is 0 Å². The van der Waals surface area contributed by atoms with E-state index in [1.807, 2.05) is 30.5 Å². The first-order valence-corrected chi connectivity index (χ1v) is 10.5. The summed E-state index contributed by atoms with van der Waals surface area (Å²) in [6.45, 7) is 2.79. The zero-order valence-corrected chi connectivity index (χ0v) is 17.6. The highest BCUT2D eigenvalue weighted by Gasteiger charge is 2.18. The molecule has 30 heavy (non-hydrogen) atoms. The number of allylic oxidation sites excluding steroid dienone is 2. The summed E-state index contributed by atoms with van der Waals surface area (Å²) in [6, 6.07) is 16.4. The Kier molecular flexibility index (Phi) is 4.77. The Hall–Kier alpha value is -3.51. The minimum Gasteiger partial charge on any atom is -0.496 e. The molecule has 0 saturated heterocycles. The van der Waals surface area contributed by atoms with E-state index in [9.17, 15) is 0 Å². The molecule has 0 amide bonds. The number of ether oxygens (including phenoxy) is 1. The normalized spacial score (nSPS) is 13.5. The van der Waals surface area contributed by atoms with Crippen molar-refractivity contribution in [2.75, 3.05) is 18.6 Å². The topological polar surface area (TPSA) is 51.1 Å². The third-order valence-corrected chi connectivity index (χ3v) is 6.04. The Morgan fingerprint density at radius 1 is 1.03 bits per heavy atom. The van der Waals surface area contributed by atoms with Gasteiger partial charge in [-0.15, -0.1) is 0 Å². The number of nitrogens with zero attached hydrogens (tertiary/aromatic N) is 4. The molecule has 0 saturated carbocycles. The van der Waals surface area contributed by atoms with Crippen molar-refractivity contribution < 1.29 is 4.74 Å². The van der Waals surface area contributed by atoms with E-state index in [0.29, 0.717) is 12.2 Å². The Morgan fingerprint density at radius 2 is 1.87 bits per heavy atom. The van der Waals surface area contributed by atoms with Crippen LogP contribution in [0, 0.1) is 6.92 Å². The smallest absolute Gasteiger partial charge is 0.193 e. The molecule has 0 atom stereocenters. The fraction of sp³-hybridized carbons (Fsp3) is 0.125. The summed E-state index contributed by atoms with van der Waals surface area (Å²) < 4.78 is 5.53. The van der Waals surface area contributed by atoms with Gasteiger partial charge in [0.15, 0.2) is 15.6 Å². The summed E-state index contributed by atoms with van der Waals surface area (Å²) in [6.07, 6.45) is 7.99. The van der Waals surface area contributed by atoms with Crippen molar-refractivity contribution >= 4 is 32.5 Å². The number of aryl methyl sites for hydroxylation is 1. The van der Waals surface area contributed by atoms with Gasteiger partial charge in [-0.1, -0.05) is 65.4 Å². The molecule has 0 fully saturated rings. The lowest BCUT2D eigenvalue weighted by Gasteiger charge is -2.23. The molecular formula is C24H20N4OS. The van der Waals surface area contributed by atoms with Crippen LogP contribution in [0.25, 0.3) is 27.3 Å². The molecule has 5 rings (SSSR count). The number of methoxy groups -OCH3 is 1. The highest BCUT2D eigenvalue weighted by Crippen LogP contribution is 2.33. The van der Waals surface area contributed by atoms with Crippen LogP contribution in [0.15, 0.2) is 73.1 Å². The summed E-state index contributed by atoms with van der Waals surface area (Å²) in [5.74, 6) is 0.870. The molecule has 0 spiro atoms. The Labute approximate surface area is 179 Å². The standard InChI is InChI=1S/C24H20N4OS/c1-16-9-11-17(12-10-16)20-14-25-22-23(26-20)30-24(27-22)28-13-5-6-18(15-28)19-7-3-4-8-21(19)29-2/h3-14H,15H2,1-2H3. The van der Waals surface area contributed by atoms with Crippen LogP contribution in [0.5, 0.6) is 5.75 Å². The minimum absolute atomic E-state index is 0.674. The van der Waals surface area contributed by atoms with Crippen molar-refractivity contribution in [1.82, 2.24) is 15.0 Å². The zero-order chi connectivity index (χ0) is 20.5. The van der Waals surface area contributed by atoms with E-state index in [4.69, 9.17) is 14.7 Å². The van der Waals surface area contributed by atoms with E-state index >= 15 is 0 Å². The number of anilines is 1. The molecule has 2 aromatic heterocycles. The molecule has 3 heterocycles. The fourth-order valence-corrected chi connectivity index (χ4v) is 4.35. The van der Waals surface area contributed by atoms with Gasteiger partial charge in [-0.3, -0.25) is 0 Å². The molecule has 0 bridgehead atoms. The average Bonchev–Trinajstić information content (AvgIpc) is 3.23. The van der Waals surface area contributed by atoms with Crippen LogP contribution in [0.1, 0.15) is 11.1 Å². The number of aromatic nitrogens is 3. The number of thiazole rings is 1. The van der Waals surface area contributed by atoms with Crippen LogP contribution in [-0.4, -0.2) is 28.6 Å². The van der Waals surface area contributed by atoms with Crippen molar-refractivity contribution in [2.45, 2.75) is 6.92 Å². The van der Waals surface area contributed by atoms with Crippen LogP contribution in [0.3, 0.4) is 0 Å². The maximum absolute atomic E-state index is 5.53. The number of fused-ring (bicyclic) bond motifs is 1. The number of hydrogen-bond donors (Lipinski definition) is 0. The van der Waals surface area contributed by atoms with Gasteiger partial charge in [0.05, 0.1) is 25.5 Å². The van der Waals surface area contributed by atoms with Gasteiger partial charge in [-0.25, -0.2) is 9.97 Å². The van der Waals surface area contributed by atoms with Gasteiger partial charge >= 0.3 is 0 Å². The summed E-state index contributed by atoms with van der Waals surface area (Å²) in [5, 5.41) is 0.878. The summed E-state index contributed by atoms with van der Waals surface area (Å²) in [7, 11) is 1.70. The molecule has 6 heteroatoms. The van der Waals surface area contributed by atoms with Crippen LogP contribution < -0.4 is 9.64 Å². The maximum atomic E-state index is 5.53. The zero-order valence-electron chi connectivity index (χ0n) is 16.7. The lowest BCUT2D eigenvalue weighted by Crippen LogP contribution is -2.20. The number of para-hydroxylation sites is 1. The van der Waals surface area contributed by atoms with Crippen LogP contribution in [-0.2, 0) is 0 Å². The van der Waals surface area contributed by atoms with Crippen molar-refractivity contribution in [2.24, 2.45) is 0 Å². The summed E-state index contributed by atoms with van der Waals surface area (Å²) in [5.41, 5.74) is 6.09. The van der Waals surface area contributed by atoms with Gasteiger partial charge in [-0.2, -0.15) is 4.98 Å². The van der Waals surface area contributed by atoms with E-state index < -0.39 is 0 Å². The molecule has 0 unspecified atom stereocenters. The first-order chi connectivity index (χ1) is 14.7. The number of hydrogen-bond acceptors (Lipinski definition) is 6. The fourth-order valence-electron chi connectivity index (χ4n) is 3.47. The largest absolute Gasteiger partial charge is 0.496 e. The van der Waals surface area contributed by atoms with Crippen molar-refractivity contribution in [1.29, 1.82) is 0 Å². The van der Waals surface area contributed by atoms with Crippen molar-refractivity contribution in [3.8, 4) is 17.0 Å². The van der Waals surface area contributed by atoms with E-state index in [-0.39, 0.29) is 0 Å². The third kappa shape index (κ3) is 3.46. The number of rotatable bonds is 4. The van der Waals surface area contributed by atoms with E-state index in [1.54, 1.807) is 24.6 Å². The highest BCUT2D eigenvalue weighted by molar-refractivity contribution is 7.21. The molecule has 0 radical (unpaired) electrons. The van der Waals surface area contributed by atoms with E-state index in [0.717, 1.165) is 32.5 Å². The predicted molar refractivity (Wildman–Crippen MR) is 123 cm³/mol. The van der Waals surface area contributed by atoms with Gasteiger partial charge in [0.2, 0.25) is 0 Å². The lowest BCUT2D eigenvalue weighted by molar-refractivity contribution is 0.413. The van der Waals surface area contributed by atoms with Crippen LogP contribution in [0.2, 0.25) is 0 Å². The van der Waals surface area contributed by atoms with Crippen LogP contribution in [0.4, 0.5) is 5.13 Å². The Bertz CT molecular complexity index is 1270. The highest BCUT2D eigenvalue weighted by atomic mass is 32.1. The second-order valence-corrected chi connectivity index (χ2v) is 8.06. The summed E-state index contributed by atoms with van der Waals surface area (Å²) in [4.78, 5) is 17.0. The molecule has 0 N–H and O–H groups in total. The molecule has 1 aliphatic heterocycles. The SMILES string of the molecule is COc1ccccc1C1=CC=CN(c2nc3ncc(-c4ccc(C)cc4)nc3s2)C1. The van der Waals surface area contributed by atoms with E-state index in [2.05, 4.69) is 53.2 Å². The Balaban J connectivity index is 1.44. The average molecular weight is 413 g/mol. The first kappa shape index (κ1) is 18.5. The third-order valence-electron chi connectivity index (χ3n) is 5.06. The van der Waals surface area contributed by atoms with Gasteiger partial charge in [-0.05, 0) is 24.6 Å². The predicted octanol–water partition coefficient (Wildman–Crippen LogP) is 5.49. The number of benzene rings is 2. The molecule has 5 nitrogen and oxygen atoms in total. The van der Waals surface area contributed by atoms with Gasteiger partial charge in [0, 0.05) is 17.3 Å². The van der Waals surface area contributed by atoms with Crippen molar-refractivity contribution in [3.05, 3.63) is 84.2 Å². The van der Waals surface area contributed by atoms with Gasteiger partial charge in [0.25, 0.3) is 0 Å². The molecule has 2 aromatic carbocycles. The van der Waals surface area contributed by atoms with Crippen LogP contribution >= 0.6 is 11.3 Å². The molecule has 148 valence electrons. The molecule has 1 aliphatic rings. The maximum Gasteiger partial charge on any atom is 0.193 e. The molecule has 0 aliphatic carbocycles. The first-order valence-electron chi connectivity index (χ1n) is 9.69. The second-order valence-electron chi connectivity index (χ2n) is 7.11. The monoisotopic (exact) mass is 412 g/mol. The van der Waals surface area contributed by atoms with E-state index in [1.165, 1.54) is 11.1 Å².